The quantitative estimate of drug-likeness (QED) is 0.317. The van der Waals surface area contributed by atoms with Crippen LogP contribution in [0.4, 0.5) is 16.5 Å². The smallest absolute Gasteiger partial charge is 0.267 e. The Kier molecular flexibility index (Phi) is 6.88. The number of carbonyl (C=O) groups excluding carboxylic acids is 1. The lowest BCUT2D eigenvalue weighted by Crippen LogP contribution is -2.09. The normalized spacial score (nSPS) is 11.4. The number of hydrogen-bond donors (Lipinski definition) is 2. The molecule has 4 aromatic rings. The van der Waals surface area contributed by atoms with Crippen molar-refractivity contribution in [3.8, 4) is 0 Å². The van der Waals surface area contributed by atoms with Crippen LogP contribution in [0, 0.1) is 0 Å². The molecule has 0 aliphatic heterocycles. The van der Waals surface area contributed by atoms with Gasteiger partial charge in [-0.05, 0) is 60.2 Å². The van der Waals surface area contributed by atoms with E-state index >= 15 is 0 Å². The SMILES string of the molecule is O=C(Nc1ccc(Cl)cc1)c1cnc(Nc2ccc(C=CS(=O)(=O)c3ccccc3)cc2)s1. The molecule has 166 valence electrons. The van der Waals surface area contributed by atoms with Crippen molar-refractivity contribution in [2.45, 2.75) is 4.90 Å². The Morgan fingerprint density at radius 1 is 0.909 bits per heavy atom. The predicted molar refractivity (Wildman–Crippen MR) is 134 cm³/mol. The average molecular weight is 496 g/mol. The monoisotopic (exact) mass is 495 g/mol. The van der Waals surface area contributed by atoms with Crippen molar-refractivity contribution < 1.29 is 13.2 Å². The highest BCUT2D eigenvalue weighted by Crippen LogP contribution is 2.24. The van der Waals surface area contributed by atoms with Gasteiger partial charge in [0.05, 0.1) is 11.1 Å². The number of carbonyl (C=O) groups is 1. The van der Waals surface area contributed by atoms with Gasteiger partial charge < -0.3 is 10.6 Å². The molecule has 0 aliphatic rings. The number of nitrogens with zero attached hydrogens (tertiary/aromatic N) is 1. The summed E-state index contributed by atoms with van der Waals surface area (Å²) in [4.78, 5) is 17.4. The second kappa shape index (κ2) is 9.99. The lowest BCUT2D eigenvalue weighted by atomic mass is 10.2. The van der Waals surface area contributed by atoms with Crippen LogP contribution in [-0.2, 0) is 9.84 Å². The van der Waals surface area contributed by atoms with Crippen molar-refractivity contribution in [2.24, 2.45) is 0 Å². The summed E-state index contributed by atoms with van der Waals surface area (Å²) in [6.45, 7) is 0. The highest BCUT2D eigenvalue weighted by molar-refractivity contribution is 7.94. The molecule has 9 heteroatoms. The minimum Gasteiger partial charge on any atom is -0.332 e. The van der Waals surface area contributed by atoms with Gasteiger partial charge in [-0.1, -0.05) is 53.3 Å². The lowest BCUT2D eigenvalue weighted by Gasteiger charge is -2.04. The Morgan fingerprint density at radius 2 is 1.58 bits per heavy atom. The van der Waals surface area contributed by atoms with E-state index in [1.165, 1.54) is 22.9 Å². The molecular formula is C24H18ClN3O3S2. The van der Waals surface area contributed by atoms with Crippen LogP contribution in [0.25, 0.3) is 6.08 Å². The minimum atomic E-state index is -3.50. The van der Waals surface area contributed by atoms with Gasteiger partial charge in [0, 0.05) is 21.8 Å². The number of anilines is 3. The van der Waals surface area contributed by atoms with Gasteiger partial charge in [0.1, 0.15) is 4.88 Å². The number of nitrogens with one attached hydrogen (secondary N) is 2. The second-order valence-electron chi connectivity index (χ2n) is 6.90. The number of amides is 1. The number of aromatic nitrogens is 1. The zero-order valence-electron chi connectivity index (χ0n) is 17.1. The maximum atomic E-state index is 12.4. The van der Waals surface area contributed by atoms with Crippen molar-refractivity contribution in [2.75, 3.05) is 10.6 Å². The molecule has 0 fully saturated rings. The van der Waals surface area contributed by atoms with Gasteiger partial charge in [-0.25, -0.2) is 13.4 Å². The topological polar surface area (TPSA) is 88.2 Å². The first-order chi connectivity index (χ1) is 15.9. The molecule has 1 heterocycles. The van der Waals surface area contributed by atoms with Crippen LogP contribution in [0.5, 0.6) is 0 Å². The molecule has 3 aromatic carbocycles. The van der Waals surface area contributed by atoms with Gasteiger partial charge in [-0.3, -0.25) is 4.79 Å². The van der Waals surface area contributed by atoms with Crippen molar-refractivity contribution in [3.05, 3.63) is 106 Å². The third-order valence-corrected chi connectivity index (χ3v) is 7.09. The summed E-state index contributed by atoms with van der Waals surface area (Å²) in [6, 6.07) is 22.3. The first-order valence-electron chi connectivity index (χ1n) is 9.77. The fraction of sp³-hybridized carbons (Fsp3) is 0. The number of hydrogen-bond acceptors (Lipinski definition) is 6. The Hall–Kier alpha value is -3.46. The molecule has 0 saturated heterocycles. The van der Waals surface area contributed by atoms with Crippen LogP contribution in [0.3, 0.4) is 0 Å². The van der Waals surface area contributed by atoms with Crippen LogP contribution in [-0.4, -0.2) is 19.3 Å². The first-order valence-corrected chi connectivity index (χ1v) is 12.5. The number of rotatable bonds is 7. The van der Waals surface area contributed by atoms with Gasteiger partial charge in [0.15, 0.2) is 15.0 Å². The van der Waals surface area contributed by atoms with Gasteiger partial charge in [0.25, 0.3) is 5.91 Å². The van der Waals surface area contributed by atoms with E-state index < -0.39 is 9.84 Å². The summed E-state index contributed by atoms with van der Waals surface area (Å²) in [5, 5.41) is 8.29. The Morgan fingerprint density at radius 3 is 2.27 bits per heavy atom. The fourth-order valence-electron chi connectivity index (χ4n) is 2.82. The van der Waals surface area contributed by atoms with E-state index in [2.05, 4.69) is 15.6 Å². The standard InChI is InChI=1S/C24H18ClN3O3S2/c25-18-8-12-19(13-9-18)27-23(29)22-16-26-24(32-22)28-20-10-6-17(7-11-20)14-15-33(30,31)21-4-2-1-3-5-21/h1-16H,(H,26,28)(H,27,29). The van der Waals surface area contributed by atoms with Crippen LogP contribution in [0.15, 0.2) is 95.4 Å². The molecule has 0 saturated carbocycles. The Balaban J connectivity index is 1.38. The molecule has 0 radical (unpaired) electrons. The van der Waals surface area contributed by atoms with Crippen molar-refractivity contribution in [3.63, 3.8) is 0 Å². The Bertz CT molecular complexity index is 1380. The summed E-state index contributed by atoms with van der Waals surface area (Å²) in [6.07, 6.45) is 3.05. The van der Waals surface area contributed by atoms with Crippen molar-refractivity contribution >= 4 is 61.3 Å². The molecule has 0 bridgehead atoms. The number of thiazole rings is 1. The van der Waals surface area contributed by atoms with Gasteiger partial charge in [-0.2, -0.15) is 0 Å². The maximum absolute atomic E-state index is 12.4. The molecule has 0 unspecified atom stereocenters. The van der Waals surface area contributed by atoms with E-state index in [9.17, 15) is 13.2 Å². The van der Waals surface area contributed by atoms with Crippen LogP contribution >= 0.6 is 22.9 Å². The average Bonchev–Trinajstić information content (AvgIpc) is 3.29. The predicted octanol–water partition coefficient (Wildman–Crippen LogP) is 6.24. The molecule has 2 N–H and O–H groups in total. The second-order valence-corrected chi connectivity index (χ2v) is 10.2. The zero-order chi connectivity index (χ0) is 23.3. The summed E-state index contributed by atoms with van der Waals surface area (Å²) < 4.78 is 24.7. The Labute approximate surface area is 200 Å². The summed E-state index contributed by atoms with van der Waals surface area (Å²) in [5.41, 5.74) is 2.14. The molecule has 4 rings (SSSR count). The largest absolute Gasteiger partial charge is 0.332 e. The van der Waals surface area contributed by atoms with E-state index in [-0.39, 0.29) is 10.8 Å². The molecule has 1 amide bonds. The van der Waals surface area contributed by atoms with E-state index in [1.807, 2.05) is 12.1 Å². The summed E-state index contributed by atoms with van der Waals surface area (Å²) >= 11 is 7.08. The molecule has 1 aromatic heterocycles. The van der Waals surface area contributed by atoms with Crippen LogP contribution in [0.1, 0.15) is 15.2 Å². The minimum absolute atomic E-state index is 0.249. The number of halogens is 1. The van der Waals surface area contributed by atoms with E-state index in [1.54, 1.807) is 72.8 Å². The third-order valence-electron chi connectivity index (χ3n) is 4.50. The molecular weight excluding hydrogens is 478 g/mol. The van der Waals surface area contributed by atoms with Crippen LogP contribution in [0.2, 0.25) is 5.02 Å². The molecule has 0 atom stereocenters. The highest BCUT2D eigenvalue weighted by atomic mass is 35.5. The number of benzene rings is 3. The third kappa shape index (κ3) is 6.07. The lowest BCUT2D eigenvalue weighted by molar-refractivity contribution is 0.103. The van der Waals surface area contributed by atoms with Gasteiger partial charge >= 0.3 is 0 Å². The van der Waals surface area contributed by atoms with E-state index in [4.69, 9.17) is 11.6 Å². The fourth-order valence-corrected chi connectivity index (χ4v) is 4.71. The molecule has 6 nitrogen and oxygen atoms in total. The zero-order valence-corrected chi connectivity index (χ0v) is 19.5. The van der Waals surface area contributed by atoms with E-state index in [0.29, 0.717) is 20.7 Å². The molecule has 33 heavy (non-hydrogen) atoms. The van der Waals surface area contributed by atoms with E-state index in [0.717, 1.165) is 11.3 Å². The van der Waals surface area contributed by atoms with Gasteiger partial charge in [-0.15, -0.1) is 0 Å². The van der Waals surface area contributed by atoms with Crippen LogP contribution < -0.4 is 10.6 Å². The maximum Gasteiger partial charge on any atom is 0.267 e. The van der Waals surface area contributed by atoms with Gasteiger partial charge in [0.2, 0.25) is 0 Å². The summed E-state index contributed by atoms with van der Waals surface area (Å²) in [7, 11) is -3.50. The van der Waals surface area contributed by atoms with Crippen molar-refractivity contribution in [1.82, 2.24) is 4.98 Å². The number of sulfone groups is 1. The molecule has 0 spiro atoms. The first kappa shape index (κ1) is 22.7. The molecule has 0 aliphatic carbocycles. The van der Waals surface area contributed by atoms with Crippen molar-refractivity contribution in [1.29, 1.82) is 0 Å². The summed E-state index contributed by atoms with van der Waals surface area (Å²) in [5.74, 6) is -0.261. The highest BCUT2D eigenvalue weighted by Gasteiger charge is 2.12.